The molecule has 1 amide bonds. The monoisotopic (exact) mass is 668 g/mol. The Morgan fingerprint density at radius 3 is 2.64 bits per heavy atom. The summed E-state index contributed by atoms with van der Waals surface area (Å²) in [5, 5.41) is 1.20. The zero-order valence-corrected chi connectivity index (χ0v) is 27.3. The van der Waals surface area contributed by atoms with Gasteiger partial charge in [-0.3, -0.25) is 9.88 Å². The molecule has 248 valence electrons. The smallest absolute Gasteiger partial charge is 0.410 e. The Labute approximate surface area is 275 Å². The fraction of sp³-hybridized carbons (Fsp3) is 0.471. The van der Waals surface area contributed by atoms with Crippen LogP contribution < -0.4 is 9.64 Å². The average molecular weight is 669 g/mol. The van der Waals surface area contributed by atoms with Gasteiger partial charge in [-0.05, 0) is 51.6 Å². The highest BCUT2D eigenvalue weighted by atomic mass is 35.5. The number of rotatable bonds is 5. The number of carbonyl (C=O) groups is 1. The number of ether oxygens (including phenoxy) is 2. The Bertz CT molecular complexity index is 1870. The SMILES string of the molecule is CC(C)(C)OC(=O)N1CCN(c2nc(OCC34CCCN3CC(F)C4)nc3c(F)c(-c4cccc5ccc(F)c(Cl)c45)ncc23)CC1. The zero-order valence-electron chi connectivity index (χ0n) is 26.5. The summed E-state index contributed by atoms with van der Waals surface area (Å²) in [6.45, 7) is 8.30. The molecule has 4 aromatic rings. The van der Waals surface area contributed by atoms with Gasteiger partial charge in [0.15, 0.2) is 5.82 Å². The lowest BCUT2D eigenvalue weighted by Gasteiger charge is -2.36. The van der Waals surface area contributed by atoms with Gasteiger partial charge in [0.2, 0.25) is 0 Å². The molecule has 3 saturated heterocycles. The molecule has 3 fully saturated rings. The summed E-state index contributed by atoms with van der Waals surface area (Å²) in [6, 6.07) is 7.95. The number of carbonyl (C=O) groups excluding carboxylic acids is 1. The van der Waals surface area contributed by atoms with Crippen LogP contribution in [0.1, 0.15) is 40.0 Å². The lowest BCUT2D eigenvalue weighted by molar-refractivity contribution is 0.0240. The molecule has 0 radical (unpaired) electrons. The number of fused-ring (bicyclic) bond motifs is 3. The van der Waals surface area contributed by atoms with E-state index in [-0.39, 0.29) is 28.9 Å². The topological polar surface area (TPSA) is 83.9 Å². The Kier molecular flexibility index (Phi) is 8.07. The molecule has 2 aromatic heterocycles. The van der Waals surface area contributed by atoms with Crippen molar-refractivity contribution in [3.05, 3.63) is 53.2 Å². The molecule has 0 spiro atoms. The number of amides is 1. The molecule has 0 bridgehead atoms. The Morgan fingerprint density at radius 2 is 1.87 bits per heavy atom. The summed E-state index contributed by atoms with van der Waals surface area (Å²) in [7, 11) is 0. The van der Waals surface area contributed by atoms with Gasteiger partial charge in [-0.1, -0.05) is 35.9 Å². The number of benzene rings is 2. The second-order valence-corrected chi connectivity index (χ2v) is 14.0. The lowest BCUT2D eigenvalue weighted by Crippen LogP contribution is -2.50. The van der Waals surface area contributed by atoms with Gasteiger partial charge in [-0.2, -0.15) is 9.97 Å². The van der Waals surface area contributed by atoms with Crippen LogP contribution >= 0.6 is 11.6 Å². The fourth-order valence-corrected chi connectivity index (χ4v) is 7.37. The van der Waals surface area contributed by atoms with Crippen molar-refractivity contribution in [3.63, 3.8) is 0 Å². The maximum atomic E-state index is 16.7. The molecule has 2 atom stereocenters. The van der Waals surface area contributed by atoms with Crippen molar-refractivity contribution in [2.24, 2.45) is 0 Å². The first-order valence-electron chi connectivity index (χ1n) is 15.9. The van der Waals surface area contributed by atoms with Gasteiger partial charge in [0.1, 0.15) is 41.2 Å². The molecule has 3 aliphatic rings. The summed E-state index contributed by atoms with van der Waals surface area (Å²) < 4.78 is 57.5. The van der Waals surface area contributed by atoms with Crippen LogP contribution in [0.2, 0.25) is 5.02 Å². The maximum Gasteiger partial charge on any atom is 0.410 e. The fourth-order valence-electron chi connectivity index (χ4n) is 7.10. The van der Waals surface area contributed by atoms with E-state index in [0.717, 1.165) is 19.4 Å². The second kappa shape index (κ2) is 12.0. The maximum absolute atomic E-state index is 16.7. The van der Waals surface area contributed by atoms with Crippen LogP contribution in [-0.4, -0.2) is 94.0 Å². The molecular weight excluding hydrogens is 633 g/mol. The van der Waals surface area contributed by atoms with Crippen LogP contribution in [0.15, 0.2) is 36.5 Å². The van der Waals surface area contributed by atoms with Gasteiger partial charge in [0, 0.05) is 56.3 Å². The van der Waals surface area contributed by atoms with Crippen LogP contribution in [0.25, 0.3) is 32.9 Å². The highest BCUT2D eigenvalue weighted by molar-refractivity contribution is 6.36. The minimum Gasteiger partial charge on any atom is -0.461 e. The average Bonchev–Trinajstić information content (AvgIpc) is 3.56. The summed E-state index contributed by atoms with van der Waals surface area (Å²) in [6.07, 6.45) is 2.26. The van der Waals surface area contributed by atoms with Crippen LogP contribution in [0.3, 0.4) is 0 Å². The number of hydrogen-bond donors (Lipinski definition) is 0. The Hall–Kier alpha value is -3.90. The van der Waals surface area contributed by atoms with E-state index in [9.17, 15) is 13.6 Å². The van der Waals surface area contributed by atoms with Gasteiger partial charge in [0.25, 0.3) is 0 Å². The first-order valence-corrected chi connectivity index (χ1v) is 16.3. The molecule has 0 N–H and O–H groups in total. The quantitative estimate of drug-likeness (QED) is 0.230. The van der Waals surface area contributed by atoms with E-state index in [1.54, 1.807) is 29.2 Å². The summed E-state index contributed by atoms with van der Waals surface area (Å²) >= 11 is 6.39. The minimum atomic E-state index is -0.934. The number of nitrogens with zero attached hydrogens (tertiary/aromatic N) is 6. The minimum absolute atomic E-state index is 0.0235. The Balaban J connectivity index is 1.28. The van der Waals surface area contributed by atoms with Crippen molar-refractivity contribution >= 4 is 45.2 Å². The third-order valence-electron chi connectivity index (χ3n) is 9.30. The number of alkyl halides is 1. The van der Waals surface area contributed by atoms with E-state index in [0.29, 0.717) is 66.7 Å². The van der Waals surface area contributed by atoms with E-state index in [1.807, 2.05) is 25.7 Å². The van der Waals surface area contributed by atoms with Crippen molar-refractivity contribution < 1.29 is 27.4 Å². The van der Waals surface area contributed by atoms with Gasteiger partial charge in [0.05, 0.1) is 15.9 Å². The molecule has 9 nitrogen and oxygen atoms in total. The predicted molar refractivity (Wildman–Crippen MR) is 174 cm³/mol. The molecule has 3 aliphatic heterocycles. The summed E-state index contributed by atoms with van der Waals surface area (Å²) in [5.41, 5.74) is -0.828. The van der Waals surface area contributed by atoms with E-state index < -0.39 is 35.0 Å². The van der Waals surface area contributed by atoms with Gasteiger partial charge in [-0.25, -0.2) is 18.0 Å². The van der Waals surface area contributed by atoms with E-state index in [2.05, 4.69) is 14.9 Å². The third-order valence-corrected chi connectivity index (χ3v) is 9.67. The lowest BCUT2D eigenvalue weighted by atomic mass is 9.95. The van der Waals surface area contributed by atoms with E-state index in [1.165, 1.54) is 12.3 Å². The molecule has 47 heavy (non-hydrogen) atoms. The highest BCUT2D eigenvalue weighted by Crippen LogP contribution is 2.41. The first-order chi connectivity index (χ1) is 22.4. The number of aromatic nitrogens is 3. The van der Waals surface area contributed by atoms with E-state index in [4.69, 9.17) is 26.1 Å². The first kappa shape index (κ1) is 31.7. The molecule has 7 rings (SSSR count). The van der Waals surface area contributed by atoms with Crippen molar-refractivity contribution in [2.75, 3.05) is 50.8 Å². The second-order valence-electron chi connectivity index (χ2n) is 13.6. The highest BCUT2D eigenvalue weighted by Gasteiger charge is 2.49. The predicted octanol–water partition coefficient (Wildman–Crippen LogP) is 6.79. The standard InChI is InChI=1S/C34H36ClF3N6O3/c1-33(2,3)47-32(45)43-14-12-42(13-15-43)30-23-17-39-28(22-7-4-6-20-8-9-24(37)26(35)25(20)22)27(38)29(23)40-31(41-30)46-19-34-10-5-11-44(34)18-21(36)16-34/h4,6-9,17,21H,5,10-16,18-19H2,1-3H3. The van der Waals surface area contributed by atoms with Crippen LogP contribution in [-0.2, 0) is 4.74 Å². The van der Waals surface area contributed by atoms with Gasteiger partial charge >= 0.3 is 12.1 Å². The molecule has 2 aromatic carbocycles. The number of halogens is 4. The van der Waals surface area contributed by atoms with Crippen molar-refractivity contribution in [1.29, 1.82) is 0 Å². The number of piperazine rings is 1. The van der Waals surface area contributed by atoms with Crippen molar-refractivity contribution in [2.45, 2.75) is 57.3 Å². The Morgan fingerprint density at radius 1 is 1.09 bits per heavy atom. The number of anilines is 1. The van der Waals surface area contributed by atoms with Gasteiger partial charge in [-0.15, -0.1) is 0 Å². The molecule has 5 heterocycles. The molecule has 0 saturated carbocycles. The van der Waals surface area contributed by atoms with E-state index >= 15 is 4.39 Å². The number of hydrogen-bond acceptors (Lipinski definition) is 8. The third kappa shape index (κ3) is 5.90. The summed E-state index contributed by atoms with van der Waals surface area (Å²) in [5.74, 6) is -0.952. The normalized spacial score (nSPS) is 21.9. The van der Waals surface area contributed by atoms with Gasteiger partial charge < -0.3 is 19.3 Å². The van der Waals surface area contributed by atoms with Crippen molar-refractivity contribution in [3.8, 4) is 17.3 Å². The summed E-state index contributed by atoms with van der Waals surface area (Å²) in [4.78, 5) is 32.2. The molecule has 0 aliphatic carbocycles. The van der Waals surface area contributed by atoms with Crippen molar-refractivity contribution in [1.82, 2.24) is 24.8 Å². The largest absolute Gasteiger partial charge is 0.461 e. The zero-order chi connectivity index (χ0) is 33.1. The molecule has 13 heteroatoms. The number of pyridine rings is 1. The van der Waals surface area contributed by atoms with Crippen LogP contribution in [0, 0.1) is 11.6 Å². The van der Waals surface area contributed by atoms with Crippen LogP contribution in [0.4, 0.5) is 23.8 Å². The van der Waals surface area contributed by atoms with Crippen LogP contribution in [0.5, 0.6) is 6.01 Å². The molecular formula is C34H36ClF3N6O3. The molecule has 2 unspecified atom stereocenters.